The fourth-order valence-corrected chi connectivity index (χ4v) is 12.3. The first-order valence-electron chi connectivity index (χ1n) is 34.2. The quantitative estimate of drug-likeness (QED) is 0.00680. The Kier molecular flexibility index (Phi) is 35.2. The third-order valence-corrected chi connectivity index (χ3v) is 23.1. The van der Waals surface area contributed by atoms with Gasteiger partial charge in [0.05, 0.1) is 33.9 Å². The van der Waals surface area contributed by atoms with Crippen molar-refractivity contribution in [3.63, 3.8) is 0 Å². The number of hydrogen-bond donors (Lipinski definition) is 4. The van der Waals surface area contributed by atoms with Gasteiger partial charge in [0.15, 0.2) is 20.5 Å². The van der Waals surface area contributed by atoms with Gasteiger partial charge in [-0.1, -0.05) is 90.5 Å². The molecule has 2 fully saturated rings. The Bertz CT molecular complexity index is 4280. The SMILES string of the molecule is C.C.C.CC(O)c1nc(-c2ccc(CC(CNC(=O)CN3CCC3)NC(=O)c3ccc(O[C@H](C)C(F)(F)F)c(Cl)c3)cc2)cn1C.CC(O[Si](C)(C)C(C)(C)C)c1nc(-c2ccc(CC(CNC(=O)CN3CCC3)N=CB=O)cc2)cn1C.C[C@@H](Oc1ccc(C(=O)Oc2c(F)c(F)c(F)c(F)c2F)cc1Cl)C(F)(F)F. The molecular weight excluding hydrogens is 1530 g/mol. The molecule has 20 nitrogen and oxygen atoms in total. The number of halogens is 13. The van der Waals surface area contributed by atoms with Gasteiger partial charge in [-0.15, -0.1) is 0 Å². The molecule has 0 spiro atoms. The first-order chi connectivity index (χ1) is 50.5. The molecule has 35 heteroatoms. The van der Waals surface area contributed by atoms with E-state index in [9.17, 15) is 77.3 Å². The van der Waals surface area contributed by atoms with Crippen LogP contribution in [0.5, 0.6) is 17.2 Å². The van der Waals surface area contributed by atoms with E-state index in [0.717, 1.165) is 97.9 Å². The number of nitrogens with zero attached hydrogens (tertiary/aromatic N) is 7. The number of aliphatic hydroxyl groups excluding tert-OH is 1. The number of aliphatic imine (C=N–C) groups is 1. The molecular formula is C76H96BCl2F11N10O10Si. The minimum absolute atomic E-state index is 0. The van der Waals surface area contributed by atoms with E-state index < -0.39 is 108 Å². The van der Waals surface area contributed by atoms with E-state index in [4.69, 9.17) is 37.3 Å². The second kappa shape index (κ2) is 41.3. The van der Waals surface area contributed by atoms with Gasteiger partial charge in [0, 0.05) is 30.9 Å². The van der Waals surface area contributed by atoms with Crippen molar-refractivity contribution in [1.29, 1.82) is 0 Å². The molecule has 5 aromatic carbocycles. The average Bonchev–Trinajstić information content (AvgIpc) is 1.53. The number of carbonyl (C=O) groups is 4. The number of hydrogen-bond acceptors (Lipinski definition) is 15. The van der Waals surface area contributed by atoms with Crippen LogP contribution >= 0.6 is 23.2 Å². The molecule has 0 bridgehead atoms. The van der Waals surface area contributed by atoms with E-state index >= 15 is 0 Å². The summed E-state index contributed by atoms with van der Waals surface area (Å²) in [5, 5.41) is 18.2. The summed E-state index contributed by atoms with van der Waals surface area (Å²) < 4.78 is 177. The number of aliphatic hydroxyl groups is 1. The molecule has 9 rings (SSSR count). The number of benzene rings is 5. The van der Waals surface area contributed by atoms with Crippen LogP contribution in [-0.2, 0) is 45.7 Å². The van der Waals surface area contributed by atoms with E-state index in [0.29, 0.717) is 51.5 Å². The van der Waals surface area contributed by atoms with Crippen LogP contribution in [0.2, 0.25) is 28.2 Å². The molecule has 3 amide bonds. The number of aryl methyl sites for hydroxylation is 2. The van der Waals surface area contributed by atoms with Crippen molar-refractivity contribution in [2.45, 2.75) is 163 Å². The summed E-state index contributed by atoms with van der Waals surface area (Å²) in [4.78, 5) is 67.6. The standard InChI is InChI=1S/C30H35ClF3N5O4.C27H42BN5O3Si.C16H7ClF8O3.3CH4/c1-18(40)28-37-25(16-38(28)3)21-7-5-20(6-8-21)13-23(15-35-27(41)17-39-11-4-12-39)36-29(42)22-9-10-26(24(31)14-22)43-19(2)30(32,33)34;1-20(36-37(6,7)27(2,3)4)26-31-24(17-32(26)5)22-11-9-21(10-12-22)15-23(30-19-28-35)16-29-25(34)18-33-13-8-14-33;1-5(16(23,24)25)27-8-3-2-6(4-7(8)17)15(26)28-14-12(21)10(19)9(18)11(20)13(14)22;;;/h5-10,14,16,18-19,23,40H,4,11-13,15,17H2,1-3H3,(H,35,41)(H,36,42);9-12,17,19-20,23H,8,13-16,18H2,1-7H3,(H,29,34);2-5H,1H3;3*1H4/t18?,19-,23?;;5-;;;/m1.1.../s1. The summed E-state index contributed by atoms with van der Waals surface area (Å²) in [7, 11) is 2.58. The zero-order valence-corrected chi connectivity index (χ0v) is 63.5. The Labute approximate surface area is 651 Å². The molecule has 2 aliphatic heterocycles. The minimum Gasteiger partial charge on any atom is -0.480 e. The van der Waals surface area contributed by atoms with Crippen molar-refractivity contribution in [1.82, 2.24) is 44.9 Å². The second-order valence-corrected chi connectivity index (χ2v) is 33.1. The Hall–Kier alpha value is -8.60. The first-order valence-corrected chi connectivity index (χ1v) is 37.9. The van der Waals surface area contributed by atoms with Crippen molar-refractivity contribution in [2.75, 3.05) is 52.4 Å². The zero-order chi connectivity index (χ0) is 79.9. The molecule has 4 heterocycles. The number of alkyl halides is 6. The summed E-state index contributed by atoms with van der Waals surface area (Å²) >= 11 is 11.8. The van der Waals surface area contributed by atoms with Crippen LogP contribution in [0.25, 0.3) is 22.5 Å². The summed E-state index contributed by atoms with van der Waals surface area (Å²) in [6.45, 7) is 21.5. The topological polar surface area (TPSA) is 233 Å². The molecule has 111 heavy (non-hydrogen) atoms. The minimum atomic E-state index is -4.70. The number of amides is 3. The predicted octanol–water partition coefficient (Wildman–Crippen LogP) is 15.8. The van der Waals surface area contributed by atoms with Gasteiger partial charge in [0.2, 0.25) is 40.7 Å². The maximum absolute atomic E-state index is 13.5. The van der Waals surface area contributed by atoms with Crippen molar-refractivity contribution >= 4 is 68.5 Å². The van der Waals surface area contributed by atoms with Crippen LogP contribution in [0, 0.1) is 29.1 Å². The molecule has 4 N–H and O–H groups in total. The summed E-state index contributed by atoms with van der Waals surface area (Å²) in [5.74, 6) is -15.1. The van der Waals surface area contributed by atoms with Crippen molar-refractivity contribution in [3.05, 3.63) is 170 Å². The van der Waals surface area contributed by atoms with Gasteiger partial charge in [-0.3, -0.25) is 14.5 Å². The van der Waals surface area contributed by atoms with Crippen molar-refractivity contribution in [3.8, 4) is 39.8 Å². The number of aromatic nitrogens is 4. The van der Waals surface area contributed by atoms with Gasteiger partial charge >= 0.3 is 183 Å². The smallest absolute Gasteiger partial charge is 0.480 e. The summed E-state index contributed by atoms with van der Waals surface area (Å²) in [5.41, 5.74) is 5.05. The molecule has 2 aromatic heterocycles. The Morgan fingerprint density at radius 1 is 0.631 bits per heavy atom. The molecule has 2 saturated heterocycles. The zero-order valence-electron chi connectivity index (χ0n) is 61.0. The summed E-state index contributed by atoms with van der Waals surface area (Å²) in [6, 6.07) is 21.3. The number of ether oxygens (including phenoxy) is 3. The third kappa shape index (κ3) is 26.8. The Morgan fingerprint density at radius 3 is 1.47 bits per heavy atom. The number of carbonyl (C=O) groups excluding carboxylic acids is 4. The Morgan fingerprint density at radius 2 is 1.05 bits per heavy atom. The number of likely N-dealkylation sites (tertiary alicyclic amines) is 2. The molecule has 0 aliphatic carbocycles. The maximum atomic E-state index is 13.5. The van der Waals surface area contributed by atoms with Crippen LogP contribution < -0.4 is 30.2 Å². The van der Waals surface area contributed by atoms with Crippen molar-refractivity contribution in [2.24, 2.45) is 19.1 Å². The van der Waals surface area contributed by atoms with Gasteiger partial charge < -0.3 is 38.9 Å². The molecule has 6 atom stereocenters. The monoisotopic (exact) mass is 1630 g/mol. The molecule has 0 radical (unpaired) electrons. The van der Waals surface area contributed by atoms with Crippen LogP contribution in [0.15, 0.2) is 102 Å². The second-order valence-electron chi connectivity index (χ2n) is 27.5. The third-order valence-electron chi connectivity index (χ3n) is 18.0. The van der Waals surface area contributed by atoms with Crippen LogP contribution in [0.1, 0.15) is 139 Å². The van der Waals surface area contributed by atoms with Gasteiger partial charge in [0.25, 0.3) is 5.91 Å². The van der Waals surface area contributed by atoms with Crippen molar-refractivity contribution < 1.29 is 95.9 Å². The Balaban J connectivity index is 0.000000354. The number of rotatable bonds is 28. The summed E-state index contributed by atoms with van der Waals surface area (Å²) in [6.07, 6.45) is -6.02. The van der Waals surface area contributed by atoms with Gasteiger partial charge in [-0.25, -0.2) is 22.9 Å². The molecule has 608 valence electrons. The molecule has 0 saturated carbocycles. The normalized spacial score (nSPS) is 14.7. The van der Waals surface area contributed by atoms with Gasteiger partial charge in [-0.2, -0.15) is 35.1 Å². The van der Waals surface area contributed by atoms with Crippen LogP contribution in [-0.4, -0.2) is 168 Å². The van der Waals surface area contributed by atoms with E-state index in [1.807, 2.05) is 60.2 Å². The fourth-order valence-electron chi connectivity index (χ4n) is 10.5. The average molecular weight is 1630 g/mol. The molecule has 4 unspecified atom stereocenters. The van der Waals surface area contributed by atoms with Gasteiger partial charge in [-0.05, 0) is 114 Å². The predicted molar refractivity (Wildman–Crippen MR) is 407 cm³/mol. The number of esters is 1. The van der Waals surface area contributed by atoms with E-state index in [1.54, 1.807) is 11.5 Å². The fraction of sp³-hybridized carbons (Fsp3) is 0.461. The number of nitrogens with one attached hydrogen (secondary N) is 3. The van der Waals surface area contributed by atoms with Gasteiger partial charge in [0.1, 0.15) is 23.4 Å². The van der Waals surface area contributed by atoms with Crippen LogP contribution in [0.3, 0.4) is 0 Å². The van der Waals surface area contributed by atoms with E-state index in [1.165, 1.54) is 24.3 Å². The number of imidazole rings is 2. The molecule has 2 aliphatic rings. The van der Waals surface area contributed by atoms with E-state index in [2.05, 4.69) is 105 Å². The van der Waals surface area contributed by atoms with Crippen LogP contribution in [0.4, 0.5) is 48.3 Å². The first kappa shape index (κ1) is 94.8. The van der Waals surface area contributed by atoms with E-state index in [-0.39, 0.29) is 80.7 Å². The molecule has 7 aromatic rings.